The van der Waals surface area contributed by atoms with Crippen molar-refractivity contribution >= 4 is 10.0 Å². The Morgan fingerprint density at radius 3 is 2.52 bits per heavy atom. The zero-order chi connectivity index (χ0) is 15.7. The Labute approximate surface area is 128 Å². The van der Waals surface area contributed by atoms with Crippen molar-refractivity contribution in [3.8, 4) is 0 Å². The van der Waals surface area contributed by atoms with Gasteiger partial charge in [0.05, 0.1) is 5.75 Å². The van der Waals surface area contributed by atoms with Crippen molar-refractivity contribution in [2.45, 2.75) is 32.6 Å². The number of benzene rings is 1. The molecule has 0 fully saturated rings. The fourth-order valence-corrected chi connectivity index (χ4v) is 3.34. The third-order valence-electron chi connectivity index (χ3n) is 3.32. The first-order chi connectivity index (χ1) is 10.0. The van der Waals surface area contributed by atoms with Crippen LogP contribution in [0.3, 0.4) is 0 Å². The van der Waals surface area contributed by atoms with Crippen LogP contribution in [0.2, 0.25) is 0 Å². The molecule has 0 spiro atoms. The number of sulfonamides is 1. The van der Waals surface area contributed by atoms with Crippen LogP contribution in [0.4, 0.5) is 0 Å². The topological polar surface area (TPSA) is 75.4 Å². The van der Waals surface area contributed by atoms with Crippen molar-refractivity contribution in [1.29, 1.82) is 0 Å². The molecule has 0 radical (unpaired) electrons. The molecule has 1 aromatic carbocycles. The van der Waals surface area contributed by atoms with Gasteiger partial charge in [-0.3, -0.25) is 0 Å². The molecule has 0 heterocycles. The van der Waals surface area contributed by atoms with Crippen LogP contribution in [0.25, 0.3) is 0 Å². The Balaban J connectivity index is 2.49. The predicted molar refractivity (Wildman–Crippen MR) is 87.4 cm³/mol. The van der Waals surface area contributed by atoms with Gasteiger partial charge in [0.15, 0.2) is 0 Å². The molecule has 0 aliphatic carbocycles. The van der Waals surface area contributed by atoms with E-state index in [1.165, 1.54) is 0 Å². The number of nitrogens with zero attached hydrogens (tertiary/aromatic N) is 1. The molecule has 0 amide bonds. The molecule has 0 saturated carbocycles. The number of hydrogen-bond acceptors (Lipinski definition) is 4. The maximum absolute atomic E-state index is 12.1. The number of hydrogen-bond donors (Lipinski definition) is 2. The van der Waals surface area contributed by atoms with E-state index in [1.54, 1.807) is 0 Å². The Morgan fingerprint density at radius 1 is 1.19 bits per heavy atom. The molecule has 1 rings (SSSR count). The summed E-state index contributed by atoms with van der Waals surface area (Å²) in [5.41, 5.74) is 7.29. The van der Waals surface area contributed by atoms with E-state index < -0.39 is 10.0 Å². The Hall–Kier alpha value is -0.950. The highest BCUT2D eigenvalue weighted by atomic mass is 32.2. The molecular formula is C15H27N3O2S. The zero-order valence-corrected chi connectivity index (χ0v) is 13.8. The van der Waals surface area contributed by atoms with Gasteiger partial charge in [-0.25, -0.2) is 13.1 Å². The standard InChI is InChI=1S/C15H27N3O2S/c1-3-9-18(4-2)10-8-17-21(19,20)13-15-7-5-6-14(11-15)12-16/h5-7,11,17H,3-4,8-10,12-13,16H2,1-2H3. The third-order valence-corrected chi connectivity index (χ3v) is 4.68. The third kappa shape index (κ3) is 7.04. The van der Waals surface area contributed by atoms with Gasteiger partial charge >= 0.3 is 0 Å². The van der Waals surface area contributed by atoms with Gasteiger partial charge in [0, 0.05) is 19.6 Å². The van der Waals surface area contributed by atoms with Gasteiger partial charge in [0.25, 0.3) is 0 Å². The van der Waals surface area contributed by atoms with Crippen molar-refractivity contribution in [2.24, 2.45) is 5.73 Å². The van der Waals surface area contributed by atoms with E-state index in [2.05, 4.69) is 23.5 Å². The van der Waals surface area contributed by atoms with Gasteiger partial charge in [0.2, 0.25) is 10.0 Å². The van der Waals surface area contributed by atoms with Crippen molar-refractivity contribution in [2.75, 3.05) is 26.2 Å². The van der Waals surface area contributed by atoms with Crippen LogP contribution in [0.1, 0.15) is 31.4 Å². The molecule has 120 valence electrons. The number of nitrogens with one attached hydrogen (secondary N) is 1. The molecule has 6 heteroatoms. The first-order valence-corrected chi connectivity index (χ1v) is 9.13. The van der Waals surface area contributed by atoms with E-state index in [0.29, 0.717) is 13.1 Å². The lowest BCUT2D eigenvalue weighted by atomic mass is 10.1. The molecule has 0 unspecified atom stereocenters. The van der Waals surface area contributed by atoms with E-state index in [4.69, 9.17) is 5.73 Å². The molecule has 1 aromatic rings. The normalized spacial score (nSPS) is 12.0. The van der Waals surface area contributed by atoms with E-state index in [-0.39, 0.29) is 5.75 Å². The van der Waals surface area contributed by atoms with E-state index in [0.717, 1.165) is 37.2 Å². The van der Waals surface area contributed by atoms with E-state index in [9.17, 15) is 8.42 Å². The smallest absolute Gasteiger partial charge is 0.215 e. The zero-order valence-electron chi connectivity index (χ0n) is 13.0. The fraction of sp³-hybridized carbons (Fsp3) is 0.600. The van der Waals surface area contributed by atoms with Gasteiger partial charge in [-0.1, -0.05) is 38.1 Å². The lowest BCUT2D eigenvalue weighted by Crippen LogP contribution is -2.35. The summed E-state index contributed by atoms with van der Waals surface area (Å²) in [6.07, 6.45) is 1.08. The second kappa shape index (κ2) is 9.15. The largest absolute Gasteiger partial charge is 0.326 e. The molecule has 0 aliphatic heterocycles. The van der Waals surface area contributed by atoms with Crippen LogP contribution in [0.15, 0.2) is 24.3 Å². The highest BCUT2D eigenvalue weighted by molar-refractivity contribution is 7.88. The summed E-state index contributed by atoms with van der Waals surface area (Å²) in [5.74, 6) is 0.000737. The van der Waals surface area contributed by atoms with Crippen LogP contribution in [0, 0.1) is 0 Å². The first kappa shape index (κ1) is 18.1. The minimum atomic E-state index is -3.30. The highest BCUT2D eigenvalue weighted by Gasteiger charge is 2.12. The van der Waals surface area contributed by atoms with Crippen LogP contribution in [-0.2, 0) is 22.3 Å². The Bertz CT molecular complexity index is 517. The van der Waals surface area contributed by atoms with Crippen LogP contribution < -0.4 is 10.5 Å². The monoisotopic (exact) mass is 313 g/mol. The summed E-state index contributed by atoms with van der Waals surface area (Å²) in [6.45, 7) is 7.76. The lowest BCUT2D eigenvalue weighted by Gasteiger charge is -2.19. The van der Waals surface area contributed by atoms with E-state index >= 15 is 0 Å². The summed E-state index contributed by atoms with van der Waals surface area (Å²) in [4.78, 5) is 2.23. The second-order valence-electron chi connectivity index (χ2n) is 5.11. The number of likely N-dealkylation sites (N-methyl/N-ethyl adjacent to an activating group) is 1. The maximum Gasteiger partial charge on any atom is 0.215 e. The van der Waals surface area contributed by atoms with Crippen molar-refractivity contribution in [3.63, 3.8) is 0 Å². The first-order valence-electron chi connectivity index (χ1n) is 7.48. The lowest BCUT2D eigenvalue weighted by molar-refractivity contribution is 0.293. The molecule has 0 atom stereocenters. The maximum atomic E-state index is 12.1. The van der Waals surface area contributed by atoms with Crippen LogP contribution in [0.5, 0.6) is 0 Å². The van der Waals surface area contributed by atoms with Crippen molar-refractivity contribution in [1.82, 2.24) is 9.62 Å². The molecule has 0 saturated heterocycles. The SMILES string of the molecule is CCCN(CC)CCNS(=O)(=O)Cc1cccc(CN)c1. The average molecular weight is 313 g/mol. The molecule has 3 N–H and O–H groups in total. The second-order valence-corrected chi connectivity index (χ2v) is 6.92. The minimum absolute atomic E-state index is 0.000737. The van der Waals surface area contributed by atoms with E-state index in [1.807, 2.05) is 24.3 Å². The van der Waals surface area contributed by atoms with Gasteiger partial charge in [0.1, 0.15) is 0 Å². The van der Waals surface area contributed by atoms with Crippen molar-refractivity contribution in [3.05, 3.63) is 35.4 Å². The number of nitrogens with two attached hydrogens (primary N) is 1. The van der Waals surface area contributed by atoms with Crippen LogP contribution in [-0.4, -0.2) is 39.5 Å². The molecule has 0 bridgehead atoms. The van der Waals surface area contributed by atoms with Crippen LogP contribution >= 0.6 is 0 Å². The summed E-state index contributed by atoms with van der Waals surface area (Å²) >= 11 is 0. The average Bonchev–Trinajstić information content (AvgIpc) is 2.45. The summed E-state index contributed by atoms with van der Waals surface area (Å²) in [6, 6.07) is 7.39. The summed E-state index contributed by atoms with van der Waals surface area (Å²) < 4.78 is 26.8. The highest BCUT2D eigenvalue weighted by Crippen LogP contribution is 2.08. The molecule has 0 aliphatic rings. The summed E-state index contributed by atoms with van der Waals surface area (Å²) in [7, 11) is -3.30. The predicted octanol–water partition coefficient (Wildman–Crippen LogP) is 1.30. The Morgan fingerprint density at radius 2 is 1.90 bits per heavy atom. The van der Waals surface area contributed by atoms with Gasteiger partial charge in [-0.2, -0.15) is 0 Å². The molecule has 5 nitrogen and oxygen atoms in total. The fourth-order valence-electron chi connectivity index (χ4n) is 2.22. The molecule has 21 heavy (non-hydrogen) atoms. The quantitative estimate of drug-likeness (QED) is 0.683. The number of rotatable bonds is 10. The Kier molecular flexibility index (Phi) is 7.88. The molecule has 0 aromatic heterocycles. The van der Waals surface area contributed by atoms with Crippen molar-refractivity contribution < 1.29 is 8.42 Å². The summed E-state index contributed by atoms with van der Waals surface area (Å²) in [5, 5.41) is 0. The van der Waals surface area contributed by atoms with Gasteiger partial charge < -0.3 is 10.6 Å². The van der Waals surface area contributed by atoms with Gasteiger partial charge in [-0.15, -0.1) is 0 Å². The minimum Gasteiger partial charge on any atom is -0.326 e. The molecular weight excluding hydrogens is 286 g/mol. The van der Waals surface area contributed by atoms with Gasteiger partial charge in [-0.05, 0) is 30.6 Å².